The fraction of sp³-hybridized carbons (Fsp3) is 1.00. The average Bonchev–Trinajstić information content (AvgIpc) is 2.28. The lowest BCUT2D eigenvalue weighted by Gasteiger charge is -2.60. The van der Waals surface area contributed by atoms with E-state index in [1.807, 2.05) is 0 Å². The van der Waals surface area contributed by atoms with Gasteiger partial charge in [0.15, 0.2) is 0 Å². The zero-order valence-electron chi connectivity index (χ0n) is 12.1. The zero-order chi connectivity index (χ0) is 12.1. The minimum absolute atomic E-state index is 0.620. The van der Waals surface area contributed by atoms with Crippen LogP contribution in [0.4, 0.5) is 0 Å². The molecule has 3 saturated carbocycles. The van der Waals surface area contributed by atoms with Crippen LogP contribution in [0.15, 0.2) is 0 Å². The summed E-state index contributed by atoms with van der Waals surface area (Å²) in [6, 6.07) is 0. The molecule has 0 unspecified atom stereocenters. The summed E-state index contributed by atoms with van der Waals surface area (Å²) in [4.78, 5) is 0. The van der Waals surface area contributed by atoms with Crippen molar-refractivity contribution in [3.63, 3.8) is 0 Å². The predicted octanol–water partition coefficient (Wildman–Crippen LogP) is 5.42. The van der Waals surface area contributed by atoms with Crippen molar-refractivity contribution in [2.75, 3.05) is 0 Å². The number of hydrogen-bond donors (Lipinski definition) is 0. The SMILES string of the molecule is CC1(C)CCC[C@]2(C)[C@H]3CCCC[C@@H]3CC[C@@H]12. The number of fused-ring (bicyclic) bond motifs is 3. The first-order valence-corrected chi connectivity index (χ1v) is 8.04. The highest BCUT2D eigenvalue weighted by Crippen LogP contribution is 2.63. The Labute approximate surface area is 108 Å². The summed E-state index contributed by atoms with van der Waals surface area (Å²) >= 11 is 0. The van der Waals surface area contributed by atoms with E-state index in [1.165, 1.54) is 38.5 Å². The van der Waals surface area contributed by atoms with Gasteiger partial charge in [0.2, 0.25) is 0 Å². The van der Waals surface area contributed by atoms with Gasteiger partial charge >= 0.3 is 0 Å². The maximum absolute atomic E-state index is 2.67. The molecule has 0 radical (unpaired) electrons. The van der Waals surface area contributed by atoms with Crippen molar-refractivity contribution in [3.8, 4) is 0 Å². The molecule has 0 N–H and O–H groups in total. The van der Waals surface area contributed by atoms with Crippen LogP contribution in [0.5, 0.6) is 0 Å². The Hall–Kier alpha value is 0. The van der Waals surface area contributed by atoms with E-state index < -0.39 is 0 Å². The molecule has 98 valence electrons. The van der Waals surface area contributed by atoms with Gasteiger partial charge in [0.05, 0.1) is 0 Å². The minimum atomic E-state index is 0.620. The van der Waals surface area contributed by atoms with Crippen molar-refractivity contribution in [1.82, 2.24) is 0 Å². The highest BCUT2D eigenvalue weighted by atomic mass is 14.6. The Morgan fingerprint density at radius 1 is 0.765 bits per heavy atom. The van der Waals surface area contributed by atoms with Crippen LogP contribution in [-0.2, 0) is 0 Å². The van der Waals surface area contributed by atoms with Crippen molar-refractivity contribution in [1.29, 1.82) is 0 Å². The highest BCUT2D eigenvalue weighted by Gasteiger charge is 2.54. The molecule has 3 rings (SSSR count). The Balaban J connectivity index is 1.90. The van der Waals surface area contributed by atoms with Crippen LogP contribution < -0.4 is 0 Å². The first-order chi connectivity index (χ1) is 8.04. The smallest absolute Gasteiger partial charge is 0.0261 e. The average molecular weight is 234 g/mol. The van der Waals surface area contributed by atoms with Crippen LogP contribution in [0.1, 0.15) is 78.6 Å². The summed E-state index contributed by atoms with van der Waals surface area (Å²) in [5.41, 5.74) is 1.32. The minimum Gasteiger partial charge on any atom is -0.0596 e. The highest BCUT2D eigenvalue weighted by molar-refractivity contribution is 5.04. The topological polar surface area (TPSA) is 0 Å². The molecule has 3 aliphatic carbocycles. The van der Waals surface area contributed by atoms with Gasteiger partial charge in [0, 0.05) is 0 Å². The zero-order valence-corrected chi connectivity index (χ0v) is 12.1. The van der Waals surface area contributed by atoms with Crippen molar-refractivity contribution >= 4 is 0 Å². The Morgan fingerprint density at radius 2 is 1.53 bits per heavy atom. The van der Waals surface area contributed by atoms with Crippen LogP contribution in [0.25, 0.3) is 0 Å². The third-order valence-corrected chi connectivity index (χ3v) is 6.86. The first kappa shape index (κ1) is 12.1. The summed E-state index contributed by atoms with van der Waals surface area (Å²) in [6.45, 7) is 7.77. The molecule has 0 aromatic rings. The molecule has 0 heterocycles. The Morgan fingerprint density at radius 3 is 2.35 bits per heavy atom. The number of rotatable bonds is 0. The lowest BCUT2D eigenvalue weighted by atomic mass is 9.45. The fourth-order valence-corrected chi connectivity index (χ4v) is 6.13. The molecule has 3 aliphatic rings. The van der Waals surface area contributed by atoms with Gasteiger partial charge in [-0.1, -0.05) is 46.5 Å². The normalized spacial score (nSPS) is 49.2. The molecule has 0 saturated heterocycles. The van der Waals surface area contributed by atoms with E-state index in [9.17, 15) is 0 Å². The monoisotopic (exact) mass is 234 g/mol. The van der Waals surface area contributed by atoms with Crippen LogP contribution in [-0.4, -0.2) is 0 Å². The van der Waals surface area contributed by atoms with Crippen LogP contribution in [0, 0.1) is 28.6 Å². The summed E-state index contributed by atoms with van der Waals surface area (Å²) in [6.07, 6.45) is 13.7. The molecular formula is C17H30. The molecular weight excluding hydrogens is 204 g/mol. The molecule has 0 heteroatoms. The molecule has 17 heavy (non-hydrogen) atoms. The maximum Gasteiger partial charge on any atom is -0.0261 e. The Bertz CT molecular complexity index is 290. The van der Waals surface area contributed by atoms with E-state index in [0.29, 0.717) is 10.8 Å². The lowest BCUT2D eigenvalue weighted by Crippen LogP contribution is -2.52. The van der Waals surface area contributed by atoms with Crippen molar-refractivity contribution in [3.05, 3.63) is 0 Å². The van der Waals surface area contributed by atoms with Gasteiger partial charge in [-0.3, -0.25) is 0 Å². The van der Waals surface area contributed by atoms with Crippen LogP contribution in [0.2, 0.25) is 0 Å². The van der Waals surface area contributed by atoms with E-state index in [2.05, 4.69) is 20.8 Å². The van der Waals surface area contributed by atoms with E-state index in [4.69, 9.17) is 0 Å². The summed E-state index contributed by atoms with van der Waals surface area (Å²) in [5.74, 6) is 3.19. The van der Waals surface area contributed by atoms with Gasteiger partial charge in [-0.15, -0.1) is 0 Å². The van der Waals surface area contributed by atoms with Gasteiger partial charge in [-0.2, -0.15) is 0 Å². The van der Waals surface area contributed by atoms with Crippen molar-refractivity contribution < 1.29 is 0 Å². The second-order valence-electron chi connectivity index (χ2n) is 8.13. The van der Waals surface area contributed by atoms with Gasteiger partial charge in [-0.05, 0) is 60.7 Å². The van der Waals surface area contributed by atoms with Crippen molar-refractivity contribution in [2.45, 2.75) is 78.6 Å². The summed E-state index contributed by atoms with van der Waals surface area (Å²) in [5, 5.41) is 0. The standard InChI is InChI=1S/C17H30/c1-16(2)11-6-12-17(3)14-8-5-4-7-13(14)9-10-15(16)17/h13-15H,4-12H2,1-3H3/t13-,14+,15+,17-/m1/s1. The third kappa shape index (κ3) is 1.78. The fourth-order valence-electron chi connectivity index (χ4n) is 6.13. The van der Waals surface area contributed by atoms with Gasteiger partial charge in [0.1, 0.15) is 0 Å². The molecule has 0 aromatic heterocycles. The number of hydrogen-bond acceptors (Lipinski definition) is 0. The summed E-state index contributed by atoms with van der Waals surface area (Å²) in [7, 11) is 0. The molecule has 0 nitrogen and oxygen atoms in total. The molecule has 0 spiro atoms. The second-order valence-corrected chi connectivity index (χ2v) is 8.13. The van der Waals surface area contributed by atoms with Gasteiger partial charge in [-0.25, -0.2) is 0 Å². The maximum atomic E-state index is 2.67. The van der Waals surface area contributed by atoms with E-state index in [0.717, 1.165) is 17.8 Å². The molecule has 0 aromatic carbocycles. The van der Waals surface area contributed by atoms with E-state index >= 15 is 0 Å². The van der Waals surface area contributed by atoms with Crippen molar-refractivity contribution in [2.24, 2.45) is 28.6 Å². The molecule has 0 aliphatic heterocycles. The van der Waals surface area contributed by atoms with E-state index in [-0.39, 0.29) is 0 Å². The van der Waals surface area contributed by atoms with Gasteiger partial charge < -0.3 is 0 Å². The molecule has 4 atom stereocenters. The van der Waals surface area contributed by atoms with Crippen LogP contribution in [0.3, 0.4) is 0 Å². The quantitative estimate of drug-likeness (QED) is 0.525. The van der Waals surface area contributed by atoms with Gasteiger partial charge in [0.25, 0.3) is 0 Å². The molecule has 0 bridgehead atoms. The third-order valence-electron chi connectivity index (χ3n) is 6.86. The predicted molar refractivity (Wildman–Crippen MR) is 73.9 cm³/mol. The van der Waals surface area contributed by atoms with Crippen LogP contribution >= 0.6 is 0 Å². The van der Waals surface area contributed by atoms with E-state index in [1.54, 1.807) is 19.3 Å². The first-order valence-electron chi connectivity index (χ1n) is 8.04. The lowest BCUT2D eigenvalue weighted by molar-refractivity contribution is -0.108. The Kier molecular flexibility index (Phi) is 2.84. The molecule has 0 amide bonds. The largest absolute Gasteiger partial charge is 0.0596 e. The summed E-state index contributed by atoms with van der Waals surface area (Å²) < 4.78 is 0. The molecule has 3 fully saturated rings. The second kappa shape index (κ2) is 4.00.